The summed E-state index contributed by atoms with van der Waals surface area (Å²) in [6, 6.07) is 15.3. The minimum Gasteiger partial charge on any atom is -0.489 e. The van der Waals surface area contributed by atoms with Gasteiger partial charge < -0.3 is 10.5 Å². The molecule has 1 heterocycles. The van der Waals surface area contributed by atoms with E-state index in [2.05, 4.69) is 10.2 Å². The molecule has 0 aliphatic carbocycles. The molecular formula is C18H18ClN3O. The first kappa shape index (κ1) is 15.4. The molecule has 0 aliphatic heterocycles. The molecule has 4 nitrogen and oxygen atoms in total. The molecule has 0 unspecified atom stereocenters. The molecule has 0 bridgehead atoms. The Morgan fingerprint density at radius 2 is 1.74 bits per heavy atom. The zero-order valence-corrected chi connectivity index (χ0v) is 13.8. The summed E-state index contributed by atoms with van der Waals surface area (Å²) in [6.07, 6.45) is 0.0841. The van der Waals surface area contributed by atoms with Gasteiger partial charge in [0.2, 0.25) is 0 Å². The molecule has 3 aromatic rings. The molecule has 0 saturated heterocycles. The average molecular weight is 328 g/mol. The molecule has 5 heteroatoms. The molecule has 1 aromatic heterocycles. The van der Waals surface area contributed by atoms with Gasteiger partial charge in [0.25, 0.3) is 0 Å². The van der Waals surface area contributed by atoms with Crippen LogP contribution in [0.4, 0.5) is 5.69 Å². The number of nitrogen functional groups attached to an aromatic ring is 1. The second-order valence-electron chi connectivity index (χ2n) is 5.60. The monoisotopic (exact) mass is 327 g/mol. The summed E-state index contributed by atoms with van der Waals surface area (Å²) < 4.78 is 5.65. The second kappa shape index (κ2) is 6.34. The van der Waals surface area contributed by atoms with E-state index in [9.17, 15) is 0 Å². The number of aromatic nitrogens is 2. The van der Waals surface area contributed by atoms with Crippen LogP contribution >= 0.6 is 11.6 Å². The lowest BCUT2D eigenvalue weighted by molar-refractivity contribution is 0.242. The highest BCUT2D eigenvalue weighted by atomic mass is 35.5. The van der Waals surface area contributed by atoms with Gasteiger partial charge in [0.15, 0.2) is 0 Å². The highest BCUT2D eigenvalue weighted by Gasteiger charge is 2.10. The summed E-state index contributed by atoms with van der Waals surface area (Å²) in [6.45, 7) is 3.94. The lowest BCUT2D eigenvalue weighted by atomic mass is 10.1. The van der Waals surface area contributed by atoms with E-state index in [1.165, 1.54) is 0 Å². The number of anilines is 1. The molecule has 3 rings (SSSR count). The Kier molecular flexibility index (Phi) is 4.26. The lowest BCUT2D eigenvalue weighted by Crippen LogP contribution is -2.05. The number of benzene rings is 2. The van der Waals surface area contributed by atoms with Crippen molar-refractivity contribution in [3.05, 3.63) is 53.6 Å². The van der Waals surface area contributed by atoms with Crippen molar-refractivity contribution in [1.82, 2.24) is 10.2 Å². The fraction of sp³-hybridized carbons (Fsp3) is 0.167. The van der Waals surface area contributed by atoms with Crippen LogP contribution in [0.15, 0.2) is 48.5 Å². The van der Waals surface area contributed by atoms with Gasteiger partial charge in [-0.25, -0.2) is 0 Å². The minimum atomic E-state index is 0.0841. The maximum Gasteiger partial charge on any atom is 0.138 e. The third-order valence-corrected chi connectivity index (χ3v) is 3.69. The number of nitrogens with one attached hydrogen (secondary N) is 1. The molecule has 0 spiro atoms. The van der Waals surface area contributed by atoms with Crippen molar-refractivity contribution in [3.8, 4) is 28.3 Å². The van der Waals surface area contributed by atoms with E-state index in [0.29, 0.717) is 10.8 Å². The van der Waals surface area contributed by atoms with Gasteiger partial charge in [-0.05, 0) is 55.8 Å². The number of H-pyrrole nitrogens is 1. The normalized spacial score (nSPS) is 11.0. The van der Waals surface area contributed by atoms with Gasteiger partial charge in [-0.3, -0.25) is 5.10 Å². The number of rotatable bonds is 4. The Morgan fingerprint density at radius 3 is 2.39 bits per heavy atom. The molecule has 0 saturated carbocycles. The van der Waals surface area contributed by atoms with Crippen molar-refractivity contribution in [1.29, 1.82) is 0 Å². The van der Waals surface area contributed by atoms with Crippen LogP contribution in [0.2, 0.25) is 5.02 Å². The maximum atomic E-state index is 6.29. The van der Waals surface area contributed by atoms with Crippen LogP contribution in [-0.4, -0.2) is 16.3 Å². The average Bonchev–Trinajstić information content (AvgIpc) is 2.99. The van der Waals surface area contributed by atoms with Crippen LogP contribution in [0.5, 0.6) is 5.75 Å². The first-order valence-electron chi connectivity index (χ1n) is 7.41. The topological polar surface area (TPSA) is 63.9 Å². The van der Waals surface area contributed by atoms with Gasteiger partial charge >= 0.3 is 0 Å². The van der Waals surface area contributed by atoms with Crippen molar-refractivity contribution in [2.24, 2.45) is 0 Å². The number of hydrogen-bond acceptors (Lipinski definition) is 3. The summed E-state index contributed by atoms with van der Waals surface area (Å²) in [4.78, 5) is 0. The second-order valence-corrected chi connectivity index (χ2v) is 6.01. The Labute approximate surface area is 140 Å². The Bertz CT molecular complexity index is 809. The molecule has 118 valence electrons. The molecule has 0 amide bonds. The standard InChI is InChI=1S/C18H18ClN3O/c1-11(2)23-18-8-5-13(9-15(18)19)17-10-16(21-22-17)12-3-6-14(20)7-4-12/h3-11H,20H2,1-2H3,(H,21,22). The van der Waals surface area contributed by atoms with Crippen LogP contribution in [0.3, 0.4) is 0 Å². The fourth-order valence-electron chi connectivity index (χ4n) is 2.29. The van der Waals surface area contributed by atoms with E-state index in [-0.39, 0.29) is 6.10 Å². The predicted octanol–water partition coefficient (Wildman–Crippen LogP) is 4.77. The zero-order valence-electron chi connectivity index (χ0n) is 13.0. The molecule has 0 radical (unpaired) electrons. The Balaban J connectivity index is 1.88. The minimum absolute atomic E-state index is 0.0841. The summed E-state index contributed by atoms with van der Waals surface area (Å²) in [5, 5.41) is 7.98. The summed E-state index contributed by atoms with van der Waals surface area (Å²) in [5.74, 6) is 0.680. The molecule has 23 heavy (non-hydrogen) atoms. The zero-order chi connectivity index (χ0) is 16.4. The number of nitrogens with two attached hydrogens (primary N) is 1. The number of nitrogens with zero attached hydrogens (tertiary/aromatic N) is 1. The quantitative estimate of drug-likeness (QED) is 0.679. The first-order valence-corrected chi connectivity index (χ1v) is 7.78. The lowest BCUT2D eigenvalue weighted by Gasteiger charge is -2.11. The van der Waals surface area contributed by atoms with Crippen molar-refractivity contribution >= 4 is 17.3 Å². The van der Waals surface area contributed by atoms with Gasteiger partial charge in [-0.2, -0.15) is 5.10 Å². The van der Waals surface area contributed by atoms with Gasteiger partial charge in [-0.1, -0.05) is 23.7 Å². The van der Waals surface area contributed by atoms with Crippen LogP contribution in [0.25, 0.3) is 22.5 Å². The number of halogens is 1. The van der Waals surface area contributed by atoms with Gasteiger partial charge in [0.1, 0.15) is 5.75 Å². The summed E-state index contributed by atoms with van der Waals surface area (Å²) in [5.41, 5.74) is 10.2. The smallest absolute Gasteiger partial charge is 0.138 e. The van der Waals surface area contributed by atoms with Crippen molar-refractivity contribution in [2.75, 3.05) is 5.73 Å². The maximum absolute atomic E-state index is 6.29. The molecular weight excluding hydrogens is 310 g/mol. The highest BCUT2D eigenvalue weighted by molar-refractivity contribution is 6.32. The molecule has 3 N–H and O–H groups in total. The van der Waals surface area contributed by atoms with E-state index < -0.39 is 0 Å². The largest absolute Gasteiger partial charge is 0.489 e. The Morgan fingerprint density at radius 1 is 1.04 bits per heavy atom. The van der Waals surface area contributed by atoms with Crippen molar-refractivity contribution in [3.63, 3.8) is 0 Å². The van der Waals surface area contributed by atoms with Crippen LogP contribution in [0.1, 0.15) is 13.8 Å². The number of ether oxygens (including phenoxy) is 1. The van der Waals surface area contributed by atoms with Gasteiger partial charge in [0, 0.05) is 11.3 Å². The number of aromatic amines is 1. The predicted molar refractivity (Wildman–Crippen MR) is 94.6 cm³/mol. The number of hydrogen-bond donors (Lipinski definition) is 2. The fourth-order valence-corrected chi connectivity index (χ4v) is 2.51. The first-order chi connectivity index (χ1) is 11.0. The van der Waals surface area contributed by atoms with E-state index in [0.717, 1.165) is 28.2 Å². The summed E-state index contributed by atoms with van der Waals surface area (Å²) in [7, 11) is 0. The van der Waals surface area contributed by atoms with Crippen molar-refractivity contribution in [2.45, 2.75) is 20.0 Å². The van der Waals surface area contributed by atoms with Crippen LogP contribution < -0.4 is 10.5 Å². The van der Waals surface area contributed by atoms with E-state index in [4.69, 9.17) is 22.1 Å². The highest BCUT2D eigenvalue weighted by Crippen LogP contribution is 2.31. The van der Waals surface area contributed by atoms with E-state index >= 15 is 0 Å². The third-order valence-electron chi connectivity index (χ3n) is 3.39. The Hall–Kier alpha value is -2.46. The van der Waals surface area contributed by atoms with Crippen LogP contribution in [0, 0.1) is 0 Å². The third kappa shape index (κ3) is 3.48. The molecule has 0 fully saturated rings. The molecule has 0 aliphatic rings. The van der Waals surface area contributed by atoms with Crippen molar-refractivity contribution < 1.29 is 4.74 Å². The van der Waals surface area contributed by atoms with Gasteiger partial charge in [-0.15, -0.1) is 0 Å². The summed E-state index contributed by atoms with van der Waals surface area (Å²) >= 11 is 6.29. The van der Waals surface area contributed by atoms with E-state index in [1.807, 2.05) is 62.4 Å². The van der Waals surface area contributed by atoms with Crippen LogP contribution in [-0.2, 0) is 0 Å². The van der Waals surface area contributed by atoms with Gasteiger partial charge in [0.05, 0.1) is 22.5 Å². The van der Waals surface area contributed by atoms with E-state index in [1.54, 1.807) is 0 Å². The molecule has 0 atom stereocenters. The molecule has 2 aromatic carbocycles. The SMILES string of the molecule is CC(C)Oc1ccc(-c2cc(-c3ccc(N)cc3)[nH]n2)cc1Cl.